The van der Waals surface area contributed by atoms with Crippen LogP contribution in [0.2, 0.25) is 0 Å². The Kier molecular flexibility index (Phi) is 3.37. The molecular weight excluding hydrogens is 244 g/mol. The summed E-state index contributed by atoms with van der Waals surface area (Å²) in [4.78, 5) is 18.1. The summed E-state index contributed by atoms with van der Waals surface area (Å²) in [6, 6.07) is 5.20. The fraction of sp³-hybridized carbons (Fsp3) is 0.250. The number of aromatic nitrogens is 3. The van der Waals surface area contributed by atoms with Crippen LogP contribution in [0.15, 0.2) is 24.5 Å². The standard InChI is InChI=1S/C12H16N6O/c1-17(2)10-5-4-8(13)6-9(10)11(19)16-12-14-7-15-18(12)3/h4-7H,13H2,1-3H3,(H,14,15,16,19). The summed E-state index contributed by atoms with van der Waals surface area (Å²) in [5.74, 6) is 0.115. The van der Waals surface area contributed by atoms with Gasteiger partial charge in [-0.25, -0.2) is 4.68 Å². The number of hydrogen-bond donors (Lipinski definition) is 2. The average molecular weight is 260 g/mol. The smallest absolute Gasteiger partial charge is 0.260 e. The highest BCUT2D eigenvalue weighted by atomic mass is 16.1. The molecule has 0 aliphatic carbocycles. The van der Waals surface area contributed by atoms with Crippen molar-refractivity contribution in [2.45, 2.75) is 0 Å². The minimum Gasteiger partial charge on any atom is -0.399 e. The number of carbonyl (C=O) groups excluding carboxylic acids is 1. The summed E-state index contributed by atoms with van der Waals surface area (Å²) in [5.41, 5.74) is 7.55. The topological polar surface area (TPSA) is 89.1 Å². The zero-order valence-electron chi connectivity index (χ0n) is 11.1. The number of rotatable bonds is 3. The first-order valence-electron chi connectivity index (χ1n) is 5.71. The van der Waals surface area contributed by atoms with Gasteiger partial charge in [-0.05, 0) is 18.2 Å². The van der Waals surface area contributed by atoms with Crippen molar-refractivity contribution in [3.05, 3.63) is 30.1 Å². The molecule has 0 aliphatic rings. The van der Waals surface area contributed by atoms with Gasteiger partial charge in [0.2, 0.25) is 5.95 Å². The van der Waals surface area contributed by atoms with Crippen molar-refractivity contribution in [1.82, 2.24) is 14.8 Å². The molecule has 3 N–H and O–H groups in total. The maximum Gasteiger partial charge on any atom is 0.260 e. The summed E-state index contributed by atoms with van der Waals surface area (Å²) < 4.78 is 1.49. The van der Waals surface area contributed by atoms with Gasteiger partial charge in [0, 0.05) is 32.5 Å². The molecule has 1 heterocycles. The molecule has 2 rings (SSSR count). The van der Waals surface area contributed by atoms with Gasteiger partial charge in [-0.3, -0.25) is 10.1 Å². The van der Waals surface area contributed by atoms with Crippen LogP contribution in [0.4, 0.5) is 17.3 Å². The Labute approximate surface area is 111 Å². The van der Waals surface area contributed by atoms with E-state index in [2.05, 4.69) is 15.4 Å². The first-order valence-corrected chi connectivity index (χ1v) is 5.71. The number of nitrogens with zero attached hydrogens (tertiary/aromatic N) is 4. The minimum atomic E-state index is -0.271. The van der Waals surface area contributed by atoms with Gasteiger partial charge in [0.25, 0.3) is 5.91 Å². The minimum absolute atomic E-state index is 0.271. The molecule has 1 aromatic carbocycles. The number of nitrogens with one attached hydrogen (secondary N) is 1. The van der Waals surface area contributed by atoms with E-state index in [1.165, 1.54) is 11.0 Å². The van der Waals surface area contributed by atoms with E-state index < -0.39 is 0 Å². The maximum atomic E-state index is 12.3. The largest absolute Gasteiger partial charge is 0.399 e. The highest BCUT2D eigenvalue weighted by Gasteiger charge is 2.15. The SMILES string of the molecule is CN(C)c1ccc(N)cc1C(=O)Nc1ncnn1C. The van der Waals surface area contributed by atoms with Crippen molar-refractivity contribution >= 4 is 23.2 Å². The van der Waals surface area contributed by atoms with E-state index in [1.807, 2.05) is 19.0 Å². The van der Waals surface area contributed by atoms with Gasteiger partial charge in [0.05, 0.1) is 5.56 Å². The second kappa shape index (κ2) is 4.97. The first kappa shape index (κ1) is 12.9. The monoisotopic (exact) mass is 260 g/mol. The van der Waals surface area contributed by atoms with Gasteiger partial charge in [0.15, 0.2) is 0 Å². The number of anilines is 3. The van der Waals surface area contributed by atoms with Crippen LogP contribution in [0, 0.1) is 0 Å². The van der Waals surface area contributed by atoms with Crippen LogP contribution in [0.25, 0.3) is 0 Å². The quantitative estimate of drug-likeness (QED) is 0.794. The second-order valence-electron chi connectivity index (χ2n) is 4.33. The van der Waals surface area contributed by atoms with Gasteiger partial charge in [-0.2, -0.15) is 10.1 Å². The van der Waals surface area contributed by atoms with Crippen molar-refractivity contribution in [1.29, 1.82) is 0 Å². The molecule has 1 amide bonds. The van der Waals surface area contributed by atoms with Crippen molar-refractivity contribution < 1.29 is 4.79 Å². The van der Waals surface area contributed by atoms with E-state index in [1.54, 1.807) is 25.2 Å². The second-order valence-corrected chi connectivity index (χ2v) is 4.33. The first-order chi connectivity index (χ1) is 8.99. The lowest BCUT2D eigenvalue weighted by Gasteiger charge is -2.17. The Balaban J connectivity index is 2.33. The average Bonchev–Trinajstić information content (AvgIpc) is 2.74. The van der Waals surface area contributed by atoms with Crippen LogP contribution in [-0.2, 0) is 7.05 Å². The number of nitrogens with two attached hydrogens (primary N) is 1. The normalized spacial score (nSPS) is 10.3. The van der Waals surface area contributed by atoms with Crippen molar-refractivity contribution in [2.24, 2.45) is 7.05 Å². The van der Waals surface area contributed by atoms with Gasteiger partial charge in [-0.15, -0.1) is 0 Å². The number of aryl methyl sites for hydroxylation is 1. The van der Waals surface area contributed by atoms with Gasteiger partial charge < -0.3 is 10.6 Å². The summed E-state index contributed by atoms with van der Waals surface area (Å²) in [6.07, 6.45) is 1.38. The van der Waals surface area contributed by atoms with Crippen molar-refractivity contribution in [3.63, 3.8) is 0 Å². The Morgan fingerprint density at radius 3 is 2.74 bits per heavy atom. The fourth-order valence-corrected chi connectivity index (χ4v) is 1.70. The van der Waals surface area contributed by atoms with Crippen LogP contribution >= 0.6 is 0 Å². The maximum absolute atomic E-state index is 12.3. The number of benzene rings is 1. The van der Waals surface area contributed by atoms with E-state index in [0.29, 0.717) is 17.2 Å². The van der Waals surface area contributed by atoms with E-state index >= 15 is 0 Å². The molecule has 0 bridgehead atoms. The molecule has 2 aromatic rings. The summed E-state index contributed by atoms with van der Waals surface area (Å²) >= 11 is 0. The molecule has 0 unspecified atom stereocenters. The predicted octanol–water partition coefficient (Wildman–Crippen LogP) is 0.716. The van der Waals surface area contributed by atoms with Gasteiger partial charge >= 0.3 is 0 Å². The van der Waals surface area contributed by atoms with Crippen LogP contribution in [0.3, 0.4) is 0 Å². The van der Waals surface area contributed by atoms with E-state index in [-0.39, 0.29) is 5.91 Å². The highest BCUT2D eigenvalue weighted by molar-refractivity contribution is 6.08. The molecule has 7 heteroatoms. The molecule has 19 heavy (non-hydrogen) atoms. The number of amides is 1. The van der Waals surface area contributed by atoms with Gasteiger partial charge in [0.1, 0.15) is 6.33 Å². The van der Waals surface area contributed by atoms with E-state index in [9.17, 15) is 4.79 Å². The zero-order valence-corrected chi connectivity index (χ0v) is 11.1. The third-order valence-corrected chi connectivity index (χ3v) is 2.68. The molecule has 0 saturated carbocycles. The highest BCUT2D eigenvalue weighted by Crippen LogP contribution is 2.22. The Morgan fingerprint density at radius 2 is 2.16 bits per heavy atom. The fourth-order valence-electron chi connectivity index (χ4n) is 1.70. The van der Waals surface area contributed by atoms with E-state index in [0.717, 1.165) is 5.69 Å². The third-order valence-electron chi connectivity index (χ3n) is 2.68. The molecule has 1 aromatic heterocycles. The number of nitrogen functional groups attached to an aromatic ring is 1. The van der Waals surface area contributed by atoms with Crippen LogP contribution in [0.5, 0.6) is 0 Å². The predicted molar refractivity (Wildman–Crippen MR) is 74.1 cm³/mol. The third kappa shape index (κ3) is 2.65. The zero-order chi connectivity index (χ0) is 14.0. The van der Waals surface area contributed by atoms with Crippen LogP contribution < -0.4 is 16.0 Å². The molecule has 100 valence electrons. The molecule has 0 aliphatic heterocycles. The lowest BCUT2D eigenvalue weighted by molar-refractivity contribution is 0.102. The summed E-state index contributed by atoms with van der Waals surface area (Å²) in [6.45, 7) is 0. The molecular formula is C12H16N6O. The summed E-state index contributed by atoms with van der Waals surface area (Å²) in [5, 5.41) is 6.59. The lowest BCUT2D eigenvalue weighted by Crippen LogP contribution is -2.20. The molecule has 0 saturated heterocycles. The van der Waals surface area contributed by atoms with Crippen LogP contribution in [-0.4, -0.2) is 34.8 Å². The Hall–Kier alpha value is -2.57. The molecule has 0 atom stereocenters. The molecule has 0 fully saturated rings. The van der Waals surface area contributed by atoms with E-state index in [4.69, 9.17) is 5.73 Å². The van der Waals surface area contributed by atoms with Crippen LogP contribution in [0.1, 0.15) is 10.4 Å². The van der Waals surface area contributed by atoms with Gasteiger partial charge in [-0.1, -0.05) is 0 Å². The van der Waals surface area contributed by atoms with Crippen molar-refractivity contribution in [2.75, 3.05) is 30.0 Å². The Morgan fingerprint density at radius 1 is 1.42 bits per heavy atom. The molecule has 0 radical (unpaired) electrons. The summed E-state index contributed by atoms with van der Waals surface area (Å²) in [7, 11) is 5.43. The Bertz CT molecular complexity index is 604. The molecule has 0 spiro atoms. The lowest BCUT2D eigenvalue weighted by atomic mass is 10.1. The molecule has 7 nitrogen and oxygen atoms in total. The van der Waals surface area contributed by atoms with Crippen molar-refractivity contribution in [3.8, 4) is 0 Å². The number of carbonyl (C=O) groups is 1. The number of hydrogen-bond acceptors (Lipinski definition) is 5.